The van der Waals surface area contributed by atoms with Crippen molar-refractivity contribution in [1.29, 1.82) is 0 Å². The number of fused-ring (bicyclic) bond motifs is 1. The Bertz CT molecular complexity index is 301. The van der Waals surface area contributed by atoms with Gasteiger partial charge in [-0.15, -0.1) is 12.4 Å². The first-order valence-corrected chi connectivity index (χ1v) is 7.16. The molecule has 2 N–H and O–H groups in total. The first kappa shape index (κ1) is 16.7. The number of ether oxygens (including phenoxy) is 1. The minimum atomic E-state index is 0. The van der Waals surface area contributed by atoms with Crippen LogP contribution in [0.1, 0.15) is 32.6 Å². The molecule has 0 aromatic rings. The minimum Gasteiger partial charge on any atom is -0.385 e. The van der Waals surface area contributed by atoms with Crippen LogP contribution in [0.2, 0.25) is 0 Å². The van der Waals surface area contributed by atoms with E-state index in [0.717, 1.165) is 39.0 Å². The number of hydrogen-bond donors (Lipinski definition) is 1. The third-order valence-electron chi connectivity index (χ3n) is 4.63. The highest BCUT2D eigenvalue weighted by atomic mass is 35.5. The van der Waals surface area contributed by atoms with Crippen molar-refractivity contribution >= 4 is 18.3 Å². The third-order valence-corrected chi connectivity index (χ3v) is 4.63. The molecule has 0 radical (unpaired) electrons. The highest BCUT2D eigenvalue weighted by Gasteiger charge is 2.42. The molecule has 19 heavy (non-hydrogen) atoms. The first-order chi connectivity index (χ1) is 8.63. The molecule has 2 fully saturated rings. The highest BCUT2D eigenvalue weighted by molar-refractivity contribution is 5.85. The SMILES string of the molecule is COCCCC(C)C(=O)N1CC2CCC(N)C2C1.Cl. The summed E-state index contributed by atoms with van der Waals surface area (Å²) in [5.41, 5.74) is 6.10. The van der Waals surface area contributed by atoms with E-state index < -0.39 is 0 Å². The van der Waals surface area contributed by atoms with Crippen LogP contribution in [0.3, 0.4) is 0 Å². The largest absolute Gasteiger partial charge is 0.385 e. The van der Waals surface area contributed by atoms with Crippen LogP contribution in [0.5, 0.6) is 0 Å². The first-order valence-electron chi connectivity index (χ1n) is 7.16. The van der Waals surface area contributed by atoms with E-state index in [1.807, 2.05) is 11.8 Å². The summed E-state index contributed by atoms with van der Waals surface area (Å²) in [5, 5.41) is 0. The second-order valence-corrected chi connectivity index (χ2v) is 5.94. The maximum absolute atomic E-state index is 12.3. The molecule has 1 saturated carbocycles. The summed E-state index contributed by atoms with van der Waals surface area (Å²) in [6.45, 7) is 4.60. The molecule has 5 heteroatoms. The molecule has 1 amide bonds. The number of halogens is 1. The molecule has 0 aromatic carbocycles. The van der Waals surface area contributed by atoms with E-state index in [1.54, 1.807) is 7.11 Å². The summed E-state index contributed by atoms with van der Waals surface area (Å²) in [7, 11) is 1.70. The molecule has 1 heterocycles. The zero-order valence-electron chi connectivity index (χ0n) is 12.0. The van der Waals surface area contributed by atoms with E-state index in [2.05, 4.69) is 0 Å². The Kier molecular flexibility index (Phi) is 6.57. The van der Waals surface area contributed by atoms with Crippen molar-refractivity contribution in [2.75, 3.05) is 26.8 Å². The fraction of sp³-hybridized carbons (Fsp3) is 0.929. The summed E-state index contributed by atoms with van der Waals surface area (Å²) < 4.78 is 5.03. The van der Waals surface area contributed by atoms with Crippen LogP contribution < -0.4 is 5.73 Å². The molecule has 1 aliphatic carbocycles. The van der Waals surface area contributed by atoms with E-state index in [1.165, 1.54) is 6.42 Å². The summed E-state index contributed by atoms with van der Waals surface area (Å²) in [4.78, 5) is 14.4. The Hall–Kier alpha value is -0.320. The van der Waals surface area contributed by atoms with Gasteiger partial charge in [-0.2, -0.15) is 0 Å². The minimum absolute atomic E-state index is 0. The van der Waals surface area contributed by atoms with Gasteiger partial charge < -0.3 is 15.4 Å². The van der Waals surface area contributed by atoms with Crippen LogP contribution in [0.15, 0.2) is 0 Å². The molecule has 4 atom stereocenters. The summed E-state index contributed by atoms with van der Waals surface area (Å²) in [5.74, 6) is 1.65. The van der Waals surface area contributed by atoms with Gasteiger partial charge >= 0.3 is 0 Å². The number of carbonyl (C=O) groups excluding carboxylic acids is 1. The standard InChI is InChI=1S/C14H26N2O2.ClH/c1-10(4-3-7-18-2)14(17)16-8-11-5-6-13(15)12(11)9-16;/h10-13H,3-9,15H2,1-2H3;1H. The van der Waals surface area contributed by atoms with Crippen LogP contribution in [0.4, 0.5) is 0 Å². The molecule has 4 unspecified atom stereocenters. The van der Waals surface area contributed by atoms with Crippen molar-refractivity contribution in [3.63, 3.8) is 0 Å². The average molecular weight is 291 g/mol. The second-order valence-electron chi connectivity index (χ2n) is 5.94. The summed E-state index contributed by atoms with van der Waals surface area (Å²) >= 11 is 0. The molecule has 1 aliphatic heterocycles. The summed E-state index contributed by atoms with van der Waals surface area (Å²) in [6, 6.07) is 0.316. The lowest BCUT2D eigenvalue weighted by Crippen LogP contribution is -2.36. The molecule has 2 aliphatic rings. The van der Waals surface area contributed by atoms with Gasteiger partial charge in [0.15, 0.2) is 0 Å². The lowest BCUT2D eigenvalue weighted by molar-refractivity contribution is -0.134. The third kappa shape index (κ3) is 3.83. The maximum Gasteiger partial charge on any atom is 0.225 e. The fourth-order valence-corrected chi connectivity index (χ4v) is 3.46. The van der Waals surface area contributed by atoms with Gasteiger partial charge in [0.2, 0.25) is 5.91 Å². The van der Waals surface area contributed by atoms with E-state index in [0.29, 0.717) is 23.8 Å². The number of methoxy groups -OCH3 is 1. The Morgan fingerprint density at radius 2 is 2.16 bits per heavy atom. The van der Waals surface area contributed by atoms with Crippen LogP contribution >= 0.6 is 12.4 Å². The van der Waals surface area contributed by atoms with E-state index in [-0.39, 0.29) is 18.3 Å². The predicted molar refractivity (Wildman–Crippen MR) is 78.3 cm³/mol. The predicted octanol–water partition coefficient (Wildman–Crippen LogP) is 1.67. The lowest BCUT2D eigenvalue weighted by Gasteiger charge is -2.22. The van der Waals surface area contributed by atoms with Crippen LogP contribution in [0, 0.1) is 17.8 Å². The number of hydrogen-bond acceptors (Lipinski definition) is 3. The van der Waals surface area contributed by atoms with Crippen molar-refractivity contribution in [3.05, 3.63) is 0 Å². The van der Waals surface area contributed by atoms with Gasteiger partial charge in [0.1, 0.15) is 0 Å². The molecular formula is C14H27ClN2O2. The van der Waals surface area contributed by atoms with Gasteiger partial charge in [0, 0.05) is 38.8 Å². The normalized spacial score (nSPS) is 30.9. The Morgan fingerprint density at radius 3 is 2.79 bits per heavy atom. The van der Waals surface area contributed by atoms with Crippen molar-refractivity contribution in [1.82, 2.24) is 4.90 Å². The molecule has 0 spiro atoms. The van der Waals surface area contributed by atoms with Crippen molar-refractivity contribution in [2.45, 2.75) is 38.6 Å². The quantitative estimate of drug-likeness (QED) is 0.784. The van der Waals surface area contributed by atoms with Gasteiger partial charge in [0.25, 0.3) is 0 Å². The number of likely N-dealkylation sites (tertiary alicyclic amines) is 1. The number of rotatable bonds is 5. The molecular weight excluding hydrogens is 264 g/mol. The number of nitrogens with two attached hydrogens (primary N) is 1. The van der Waals surface area contributed by atoms with E-state index in [4.69, 9.17) is 10.5 Å². The van der Waals surface area contributed by atoms with E-state index in [9.17, 15) is 4.79 Å². The average Bonchev–Trinajstić information content (AvgIpc) is 2.91. The topological polar surface area (TPSA) is 55.6 Å². The van der Waals surface area contributed by atoms with Crippen LogP contribution in [0.25, 0.3) is 0 Å². The van der Waals surface area contributed by atoms with Gasteiger partial charge in [-0.3, -0.25) is 4.79 Å². The van der Waals surface area contributed by atoms with Crippen molar-refractivity contribution < 1.29 is 9.53 Å². The highest BCUT2D eigenvalue weighted by Crippen LogP contribution is 2.37. The van der Waals surface area contributed by atoms with E-state index >= 15 is 0 Å². The lowest BCUT2D eigenvalue weighted by atomic mass is 9.98. The second kappa shape index (κ2) is 7.46. The Balaban J connectivity index is 0.00000180. The number of carbonyl (C=O) groups is 1. The van der Waals surface area contributed by atoms with Crippen LogP contribution in [-0.2, 0) is 9.53 Å². The smallest absolute Gasteiger partial charge is 0.225 e. The molecule has 112 valence electrons. The van der Waals surface area contributed by atoms with Gasteiger partial charge in [-0.05, 0) is 37.5 Å². The summed E-state index contributed by atoms with van der Waals surface area (Å²) in [6.07, 6.45) is 4.22. The van der Waals surface area contributed by atoms with Gasteiger partial charge in [-0.25, -0.2) is 0 Å². The van der Waals surface area contributed by atoms with Crippen molar-refractivity contribution in [3.8, 4) is 0 Å². The molecule has 0 aromatic heterocycles. The van der Waals surface area contributed by atoms with Crippen LogP contribution in [-0.4, -0.2) is 43.7 Å². The Morgan fingerprint density at radius 1 is 1.42 bits per heavy atom. The number of amides is 1. The van der Waals surface area contributed by atoms with Gasteiger partial charge in [-0.1, -0.05) is 6.92 Å². The zero-order chi connectivity index (χ0) is 13.1. The molecule has 2 rings (SSSR count). The maximum atomic E-state index is 12.3. The molecule has 0 bridgehead atoms. The molecule has 1 saturated heterocycles. The fourth-order valence-electron chi connectivity index (χ4n) is 3.46. The molecule has 4 nitrogen and oxygen atoms in total. The Labute approximate surface area is 122 Å². The monoisotopic (exact) mass is 290 g/mol. The van der Waals surface area contributed by atoms with Crippen molar-refractivity contribution in [2.24, 2.45) is 23.5 Å². The zero-order valence-corrected chi connectivity index (χ0v) is 12.8. The van der Waals surface area contributed by atoms with Gasteiger partial charge in [0.05, 0.1) is 0 Å². The number of nitrogens with zero attached hydrogens (tertiary/aromatic N) is 1.